The van der Waals surface area contributed by atoms with Gasteiger partial charge in [0, 0.05) is 9.97 Å². The van der Waals surface area contributed by atoms with Crippen LogP contribution in [0.15, 0.2) is 0 Å². The third-order valence-corrected chi connectivity index (χ3v) is 5.60. The van der Waals surface area contributed by atoms with Crippen LogP contribution in [0.4, 0.5) is 0 Å². The van der Waals surface area contributed by atoms with Crippen molar-refractivity contribution in [3.63, 3.8) is 0 Å². The molecule has 2 atom stereocenters. The molecule has 0 fully saturated rings. The van der Waals surface area contributed by atoms with Gasteiger partial charge in [-0.25, -0.2) is 0 Å². The van der Waals surface area contributed by atoms with Crippen molar-refractivity contribution < 1.29 is 5.11 Å². The summed E-state index contributed by atoms with van der Waals surface area (Å²) in [5, 5.41) is 9.02. The third-order valence-electron chi connectivity index (χ3n) is 4.28. The molecule has 128 valence electrons. The van der Waals surface area contributed by atoms with Gasteiger partial charge < -0.3 is 10.8 Å². The first-order chi connectivity index (χ1) is 10.2. The van der Waals surface area contributed by atoms with Gasteiger partial charge in [-0.15, -0.1) is 0 Å². The molecule has 0 unspecified atom stereocenters. The molecule has 0 amide bonds. The molecule has 0 aliphatic heterocycles. The molecule has 21 heavy (non-hydrogen) atoms. The molecule has 0 aromatic heterocycles. The Morgan fingerprint density at radius 3 is 1.52 bits per heavy atom. The second-order valence-electron chi connectivity index (χ2n) is 6.39. The molecule has 0 aromatic carbocycles. The number of aliphatic hydroxyl groups is 1. The normalized spacial score (nSPS) is 14.3. The fourth-order valence-electron chi connectivity index (χ4n) is 2.71. The number of hydrogen-bond donors (Lipinski definition) is 2. The molecule has 0 rings (SSSR count). The van der Waals surface area contributed by atoms with E-state index >= 15 is 0 Å². The molecule has 3 heteroatoms. The maximum absolute atomic E-state index is 9.02. The second-order valence-corrected chi connectivity index (χ2v) is 7.99. The van der Waals surface area contributed by atoms with Gasteiger partial charge in [-0.1, -0.05) is 113 Å². The Morgan fingerprint density at radius 2 is 1.14 bits per heavy atom. The summed E-state index contributed by atoms with van der Waals surface area (Å²) >= 11 is 2.25. The summed E-state index contributed by atoms with van der Waals surface area (Å²) in [6.45, 7) is 2.49. The Labute approximate surface area is 146 Å². The van der Waals surface area contributed by atoms with Gasteiger partial charge in [-0.2, -0.15) is 0 Å². The summed E-state index contributed by atoms with van der Waals surface area (Å²) in [6, 6.07) is 0.170. The Bertz CT molecular complexity index is 202. The maximum Gasteiger partial charge on any atom is 0.0564 e. The summed E-state index contributed by atoms with van der Waals surface area (Å²) in [7, 11) is 0. The lowest BCUT2D eigenvalue weighted by Gasteiger charge is -2.15. The highest BCUT2D eigenvalue weighted by molar-refractivity contribution is 14.1. The zero-order chi connectivity index (χ0) is 15.8. The predicted molar refractivity (Wildman–Crippen MR) is 103 cm³/mol. The number of aliphatic hydroxyl groups excluding tert-OH is 1. The van der Waals surface area contributed by atoms with Crippen LogP contribution >= 0.6 is 22.6 Å². The maximum atomic E-state index is 9.02. The fourth-order valence-corrected chi connectivity index (χ4v) is 3.07. The first-order valence-electron chi connectivity index (χ1n) is 9.22. The van der Waals surface area contributed by atoms with Crippen molar-refractivity contribution in [2.24, 2.45) is 5.73 Å². The molecule has 0 saturated carbocycles. The smallest absolute Gasteiger partial charge is 0.0564 e. The first kappa shape index (κ1) is 21.6. The van der Waals surface area contributed by atoms with Crippen molar-refractivity contribution >= 4 is 22.6 Å². The van der Waals surface area contributed by atoms with Gasteiger partial charge in [-0.05, 0) is 6.42 Å². The Kier molecular flexibility index (Phi) is 17.5. The average Bonchev–Trinajstić information content (AvgIpc) is 2.50. The lowest BCUT2D eigenvalue weighted by Crippen LogP contribution is -2.32. The Hall–Kier alpha value is 0.650. The van der Waals surface area contributed by atoms with Crippen molar-refractivity contribution in [3.8, 4) is 0 Å². The zero-order valence-electron chi connectivity index (χ0n) is 14.2. The van der Waals surface area contributed by atoms with Gasteiger partial charge in [0.1, 0.15) is 0 Å². The van der Waals surface area contributed by atoms with E-state index in [1.807, 2.05) is 0 Å². The van der Waals surface area contributed by atoms with Gasteiger partial charge >= 0.3 is 0 Å². The van der Waals surface area contributed by atoms with Gasteiger partial charge in [0.05, 0.1) is 6.61 Å². The number of nitrogens with two attached hydrogens (primary N) is 1. The average molecular weight is 411 g/mol. The molecule has 0 bridgehead atoms. The van der Waals surface area contributed by atoms with E-state index in [2.05, 4.69) is 29.5 Å². The minimum atomic E-state index is 0.170. The number of alkyl halides is 1. The topological polar surface area (TPSA) is 46.2 Å². The summed E-state index contributed by atoms with van der Waals surface area (Å²) < 4.78 is 0.222. The van der Waals surface area contributed by atoms with E-state index in [0.29, 0.717) is 0 Å². The van der Waals surface area contributed by atoms with Crippen LogP contribution in [0.1, 0.15) is 96.8 Å². The first-order valence-corrected chi connectivity index (χ1v) is 10.5. The predicted octanol–water partition coefficient (Wildman–Crippen LogP) is 5.59. The molecule has 0 spiro atoms. The van der Waals surface area contributed by atoms with Crippen LogP contribution in [0.25, 0.3) is 0 Å². The molecule has 0 saturated heterocycles. The quantitative estimate of drug-likeness (QED) is 0.198. The van der Waals surface area contributed by atoms with E-state index in [4.69, 9.17) is 10.8 Å². The Balaban J connectivity index is 3.09. The molecule has 0 aliphatic carbocycles. The van der Waals surface area contributed by atoms with E-state index in [9.17, 15) is 0 Å². The summed E-state index contributed by atoms with van der Waals surface area (Å²) in [6.07, 6.45) is 19.1. The molecule has 0 radical (unpaired) electrons. The number of unbranched alkanes of at least 4 members (excludes halogenated alkanes) is 12. The minimum absolute atomic E-state index is 0.170. The molecule has 0 aliphatic rings. The van der Waals surface area contributed by atoms with E-state index in [0.717, 1.165) is 6.42 Å². The summed E-state index contributed by atoms with van der Waals surface area (Å²) in [5.41, 5.74) is 6.00. The Morgan fingerprint density at radius 1 is 0.762 bits per heavy atom. The largest absolute Gasteiger partial charge is 0.395 e. The van der Waals surface area contributed by atoms with E-state index in [1.54, 1.807) is 0 Å². The number of rotatable bonds is 16. The SMILES string of the molecule is CCCCCCCCCCCCCCC[C@H](N)[C@H](I)CO. The minimum Gasteiger partial charge on any atom is -0.395 e. The van der Waals surface area contributed by atoms with Crippen molar-refractivity contribution in [2.45, 2.75) is 107 Å². The van der Waals surface area contributed by atoms with Crippen LogP contribution in [0, 0.1) is 0 Å². The van der Waals surface area contributed by atoms with Crippen molar-refractivity contribution in [2.75, 3.05) is 6.61 Å². The highest BCUT2D eigenvalue weighted by Gasteiger charge is 2.12. The van der Waals surface area contributed by atoms with Gasteiger partial charge in [0.25, 0.3) is 0 Å². The molecule has 2 nitrogen and oxygen atoms in total. The molecule has 0 heterocycles. The van der Waals surface area contributed by atoms with Crippen molar-refractivity contribution in [1.29, 1.82) is 0 Å². The highest BCUT2D eigenvalue weighted by Crippen LogP contribution is 2.15. The third kappa shape index (κ3) is 15.3. The monoisotopic (exact) mass is 411 g/mol. The van der Waals surface area contributed by atoms with E-state index in [-0.39, 0.29) is 16.6 Å². The fraction of sp³-hybridized carbons (Fsp3) is 1.00. The summed E-state index contributed by atoms with van der Waals surface area (Å²) in [4.78, 5) is 0. The van der Waals surface area contributed by atoms with Crippen LogP contribution in [-0.2, 0) is 0 Å². The van der Waals surface area contributed by atoms with Crippen LogP contribution in [0.3, 0.4) is 0 Å². The number of hydrogen-bond acceptors (Lipinski definition) is 2. The summed E-state index contributed by atoms with van der Waals surface area (Å²) in [5.74, 6) is 0. The van der Waals surface area contributed by atoms with Crippen molar-refractivity contribution in [1.82, 2.24) is 0 Å². The lowest BCUT2D eigenvalue weighted by molar-refractivity contribution is 0.284. The lowest BCUT2D eigenvalue weighted by atomic mass is 10.0. The van der Waals surface area contributed by atoms with Crippen molar-refractivity contribution in [3.05, 3.63) is 0 Å². The molecular formula is C18H38INO. The molecular weight excluding hydrogens is 373 g/mol. The van der Waals surface area contributed by atoms with Crippen LogP contribution < -0.4 is 5.73 Å². The standard InChI is InChI=1S/C18H38INO/c1-2-3-4-5-6-7-8-9-10-11-12-13-14-15-18(20)17(19)16-21/h17-18,21H,2-16,20H2,1H3/t17-,18+/m1/s1. The second kappa shape index (κ2) is 17.0. The van der Waals surface area contributed by atoms with Crippen LogP contribution in [0.2, 0.25) is 0 Å². The number of halogens is 1. The molecule has 3 N–H and O–H groups in total. The molecule has 0 aromatic rings. The van der Waals surface area contributed by atoms with Gasteiger partial charge in [0.2, 0.25) is 0 Å². The van der Waals surface area contributed by atoms with E-state index in [1.165, 1.54) is 83.5 Å². The van der Waals surface area contributed by atoms with Crippen LogP contribution in [0.5, 0.6) is 0 Å². The highest BCUT2D eigenvalue weighted by atomic mass is 127. The zero-order valence-corrected chi connectivity index (χ0v) is 16.3. The van der Waals surface area contributed by atoms with Gasteiger partial charge in [-0.3, -0.25) is 0 Å². The van der Waals surface area contributed by atoms with Gasteiger partial charge in [0.15, 0.2) is 0 Å². The van der Waals surface area contributed by atoms with Crippen LogP contribution in [-0.4, -0.2) is 21.7 Å². The van der Waals surface area contributed by atoms with E-state index < -0.39 is 0 Å².